The SMILES string of the molecule is CCCCCCCCCOC(=O)c1ccc(C(=O)c2ccccc2)cc1. The van der Waals surface area contributed by atoms with Gasteiger partial charge in [-0.2, -0.15) is 0 Å². The number of hydrogen-bond donors (Lipinski definition) is 0. The summed E-state index contributed by atoms with van der Waals surface area (Å²) in [6, 6.07) is 15.8. The van der Waals surface area contributed by atoms with E-state index in [0.29, 0.717) is 23.3 Å². The van der Waals surface area contributed by atoms with Crippen molar-refractivity contribution in [2.45, 2.75) is 51.9 Å². The lowest BCUT2D eigenvalue weighted by molar-refractivity contribution is 0.0497. The maximum Gasteiger partial charge on any atom is 0.338 e. The van der Waals surface area contributed by atoms with Crippen LogP contribution in [-0.2, 0) is 4.74 Å². The average molecular weight is 352 g/mol. The van der Waals surface area contributed by atoms with Crippen molar-refractivity contribution in [3.63, 3.8) is 0 Å². The Kier molecular flexibility index (Phi) is 8.61. The van der Waals surface area contributed by atoms with Crippen LogP contribution in [0.4, 0.5) is 0 Å². The van der Waals surface area contributed by atoms with Crippen LogP contribution in [0.2, 0.25) is 0 Å². The van der Waals surface area contributed by atoms with E-state index >= 15 is 0 Å². The first kappa shape index (κ1) is 19.9. The third-order valence-corrected chi connectivity index (χ3v) is 4.40. The van der Waals surface area contributed by atoms with Gasteiger partial charge in [-0.1, -0.05) is 87.9 Å². The molecule has 0 heterocycles. The Morgan fingerprint density at radius 2 is 1.23 bits per heavy atom. The van der Waals surface area contributed by atoms with Crippen LogP contribution in [0.3, 0.4) is 0 Å². The highest BCUT2D eigenvalue weighted by Crippen LogP contribution is 2.12. The molecule has 0 aliphatic carbocycles. The van der Waals surface area contributed by atoms with Crippen LogP contribution < -0.4 is 0 Å². The normalized spacial score (nSPS) is 10.5. The van der Waals surface area contributed by atoms with Gasteiger partial charge in [0.1, 0.15) is 0 Å². The van der Waals surface area contributed by atoms with Crippen LogP contribution in [0.5, 0.6) is 0 Å². The summed E-state index contributed by atoms with van der Waals surface area (Å²) in [6.07, 6.45) is 8.33. The number of ketones is 1. The molecule has 0 aliphatic heterocycles. The summed E-state index contributed by atoms with van der Waals surface area (Å²) in [4.78, 5) is 24.4. The quantitative estimate of drug-likeness (QED) is 0.290. The number of ether oxygens (including phenoxy) is 1. The second-order valence-corrected chi connectivity index (χ2v) is 6.53. The van der Waals surface area contributed by atoms with E-state index in [9.17, 15) is 9.59 Å². The predicted molar refractivity (Wildman–Crippen MR) is 105 cm³/mol. The third-order valence-electron chi connectivity index (χ3n) is 4.40. The van der Waals surface area contributed by atoms with Crippen molar-refractivity contribution in [3.8, 4) is 0 Å². The molecule has 0 spiro atoms. The van der Waals surface area contributed by atoms with Crippen LogP contribution >= 0.6 is 0 Å². The van der Waals surface area contributed by atoms with Gasteiger partial charge in [0.15, 0.2) is 5.78 Å². The highest BCUT2D eigenvalue weighted by atomic mass is 16.5. The van der Waals surface area contributed by atoms with Crippen molar-refractivity contribution in [1.29, 1.82) is 0 Å². The fraction of sp³-hybridized carbons (Fsp3) is 0.391. The molecule has 0 saturated carbocycles. The van der Waals surface area contributed by atoms with Gasteiger partial charge >= 0.3 is 5.97 Å². The van der Waals surface area contributed by atoms with Gasteiger partial charge in [-0.25, -0.2) is 4.79 Å². The molecular weight excluding hydrogens is 324 g/mol. The Bertz CT molecular complexity index is 674. The number of esters is 1. The molecule has 0 aliphatic rings. The summed E-state index contributed by atoms with van der Waals surface area (Å²) in [5.41, 5.74) is 1.69. The number of carbonyl (C=O) groups excluding carboxylic acids is 2. The Balaban J connectivity index is 1.74. The molecule has 138 valence electrons. The Hall–Kier alpha value is -2.42. The van der Waals surface area contributed by atoms with Crippen molar-refractivity contribution in [2.24, 2.45) is 0 Å². The van der Waals surface area contributed by atoms with Crippen molar-refractivity contribution in [2.75, 3.05) is 6.61 Å². The summed E-state index contributed by atoms with van der Waals surface area (Å²) in [6.45, 7) is 2.67. The lowest BCUT2D eigenvalue weighted by Crippen LogP contribution is -2.07. The van der Waals surface area contributed by atoms with Crippen molar-refractivity contribution in [3.05, 3.63) is 71.3 Å². The molecule has 0 saturated heterocycles. The Morgan fingerprint density at radius 3 is 1.88 bits per heavy atom. The van der Waals surface area contributed by atoms with Crippen LogP contribution in [0, 0.1) is 0 Å². The number of hydrogen-bond acceptors (Lipinski definition) is 3. The third kappa shape index (κ3) is 6.47. The number of rotatable bonds is 11. The van der Waals surface area contributed by atoms with E-state index in [2.05, 4.69) is 6.92 Å². The van der Waals surface area contributed by atoms with Crippen molar-refractivity contribution >= 4 is 11.8 Å². The number of benzene rings is 2. The van der Waals surface area contributed by atoms with Gasteiger partial charge in [-0.05, 0) is 18.6 Å². The second kappa shape index (κ2) is 11.2. The molecule has 0 bridgehead atoms. The van der Waals surface area contributed by atoms with E-state index in [-0.39, 0.29) is 11.8 Å². The highest BCUT2D eigenvalue weighted by molar-refractivity contribution is 6.09. The van der Waals surface area contributed by atoms with Gasteiger partial charge in [0, 0.05) is 11.1 Å². The van der Waals surface area contributed by atoms with E-state index in [1.165, 1.54) is 32.1 Å². The van der Waals surface area contributed by atoms with Crippen molar-refractivity contribution in [1.82, 2.24) is 0 Å². The highest BCUT2D eigenvalue weighted by Gasteiger charge is 2.11. The second-order valence-electron chi connectivity index (χ2n) is 6.53. The topological polar surface area (TPSA) is 43.4 Å². The Labute approximate surface area is 156 Å². The number of unbranched alkanes of at least 4 members (excludes halogenated alkanes) is 6. The van der Waals surface area contributed by atoms with Crippen LogP contribution in [0.15, 0.2) is 54.6 Å². The zero-order chi connectivity index (χ0) is 18.6. The molecule has 3 nitrogen and oxygen atoms in total. The van der Waals surface area contributed by atoms with Crippen LogP contribution in [0.25, 0.3) is 0 Å². The summed E-state index contributed by atoms with van der Waals surface area (Å²) < 4.78 is 5.32. The molecule has 3 heteroatoms. The Morgan fingerprint density at radius 1 is 0.692 bits per heavy atom. The fourth-order valence-electron chi connectivity index (χ4n) is 2.82. The largest absolute Gasteiger partial charge is 0.462 e. The molecular formula is C23H28O3. The molecule has 0 unspecified atom stereocenters. The molecule has 0 fully saturated rings. The standard InChI is InChI=1S/C23H28O3/c1-2-3-4-5-6-7-11-18-26-23(25)21-16-14-20(15-17-21)22(24)19-12-9-8-10-13-19/h8-10,12-17H,2-7,11,18H2,1H3. The molecule has 2 rings (SSSR count). The van der Waals surface area contributed by atoms with Gasteiger partial charge < -0.3 is 4.74 Å². The van der Waals surface area contributed by atoms with Gasteiger partial charge in [0.25, 0.3) is 0 Å². The molecule has 2 aromatic rings. The molecule has 0 aromatic heterocycles. The maximum absolute atomic E-state index is 12.3. The van der Waals surface area contributed by atoms with Crippen molar-refractivity contribution < 1.29 is 14.3 Å². The average Bonchev–Trinajstić information content (AvgIpc) is 2.70. The zero-order valence-electron chi connectivity index (χ0n) is 15.6. The summed E-state index contributed by atoms with van der Waals surface area (Å²) in [7, 11) is 0. The molecule has 26 heavy (non-hydrogen) atoms. The van der Waals surface area contributed by atoms with Crippen LogP contribution in [0.1, 0.15) is 78.1 Å². The summed E-state index contributed by atoms with van der Waals surface area (Å²) in [5.74, 6) is -0.372. The fourth-order valence-corrected chi connectivity index (χ4v) is 2.82. The first-order valence-corrected chi connectivity index (χ1v) is 9.59. The molecule has 0 amide bonds. The van der Waals surface area contributed by atoms with E-state index in [1.54, 1.807) is 36.4 Å². The van der Waals surface area contributed by atoms with Crippen LogP contribution in [-0.4, -0.2) is 18.4 Å². The molecule has 0 N–H and O–H groups in total. The smallest absolute Gasteiger partial charge is 0.338 e. The minimum atomic E-state index is -0.324. The molecule has 2 aromatic carbocycles. The lowest BCUT2D eigenvalue weighted by Gasteiger charge is -2.06. The van der Waals surface area contributed by atoms with Gasteiger partial charge in [-0.3, -0.25) is 4.79 Å². The summed E-state index contributed by atoms with van der Waals surface area (Å²) in [5, 5.41) is 0. The minimum absolute atomic E-state index is 0.0476. The zero-order valence-corrected chi connectivity index (χ0v) is 15.6. The van der Waals surface area contributed by atoms with E-state index in [1.807, 2.05) is 18.2 Å². The monoisotopic (exact) mass is 352 g/mol. The predicted octanol–water partition coefficient (Wildman–Crippen LogP) is 5.83. The van der Waals surface area contributed by atoms with E-state index < -0.39 is 0 Å². The van der Waals surface area contributed by atoms with E-state index in [4.69, 9.17) is 4.74 Å². The molecule has 0 atom stereocenters. The van der Waals surface area contributed by atoms with Gasteiger partial charge in [0.05, 0.1) is 12.2 Å². The minimum Gasteiger partial charge on any atom is -0.462 e. The number of carbonyl (C=O) groups is 2. The van der Waals surface area contributed by atoms with E-state index in [0.717, 1.165) is 12.8 Å². The first-order valence-electron chi connectivity index (χ1n) is 9.59. The first-order chi connectivity index (χ1) is 12.7. The lowest BCUT2D eigenvalue weighted by atomic mass is 10.0. The maximum atomic E-state index is 12.3. The molecule has 0 radical (unpaired) electrons. The summed E-state index contributed by atoms with van der Waals surface area (Å²) >= 11 is 0. The van der Waals surface area contributed by atoms with Gasteiger partial charge in [-0.15, -0.1) is 0 Å². The van der Waals surface area contributed by atoms with Gasteiger partial charge in [0.2, 0.25) is 0 Å².